The molecule has 2 bridgehead atoms. The van der Waals surface area contributed by atoms with E-state index in [1.165, 1.54) is 26.0 Å². The summed E-state index contributed by atoms with van der Waals surface area (Å²) >= 11 is 0. The van der Waals surface area contributed by atoms with Crippen LogP contribution in [0.3, 0.4) is 0 Å². The smallest absolute Gasteiger partial charge is 0.338 e. The van der Waals surface area contributed by atoms with E-state index < -0.39 is 107 Å². The topological polar surface area (TPSA) is 201 Å². The molecule has 0 aromatic heterocycles. The van der Waals surface area contributed by atoms with Gasteiger partial charge in [0.1, 0.15) is 36.3 Å². The quantitative estimate of drug-likeness (QED) is 0.105. The maximum atomic E-state index is 14.3. The number of hydrogen-bond acceptors (Lipinski definition) is 13. The van der Waals surface area contributed by atoms with E-state index in [2.05, 4.69) is 5.32 Å². The summed E-state index contributed by atoms with van der Waals surface area (Å²) in [6.07, 6.45) is -7.01. The van der Waals surface area contributed by atoms with Crippen molar-refractivity contribution in [3.8, 4) is 0 Å². The monoisotopic (exact) mass is 837 g/mol. The van der Waals surface area contributed by atoms with Crippen LogP contribution in [0.2, 0.25) is 0 Å². The predicted molar refractivity (Wildman–Crippen MR) is 216 cm³/mol. The molecule has 1 heterocycles. The Bertz CT molecular complexity index is 2230. The van der Waals surface area contributed by atoms with Crippen LogP contribution in [0.15, 0.2) is 102 Å². The highest BCUT2D eigenvalue weighted by atomic mass is 16.6. The van der Waals surface area contributed by atoms with Crippen molar-refractivity contribution in [1.29, 1.82) is 0 Å². The highest BCUT2D eigenvalue weighted by Gasteiger charge is 2.80. The molecule has 1 amide bonds. The minimum Gasteiger partial charge on any atom is -0.457 e. The second-order valence-corrected chi connectivity index (χ2v) is 17.2. The zero-order chi connectivity index (χ0) is 44.1. The Morgan fingerprint density at radius 2 is 1.44 bits per heavy atom. The van der Waals surface area contributed by atoms with Crippen molar-refractivity contribution < 1.29 is 62.7 Å². The van der Waals surface area contributed by atoms with Gasteiger partial charge in [0.25, 0.3) is 5.91 Å². The molecule has 3 fully saturated rings. The fraction of sp³-hybridized carbons (Fsp3) is 0.447. The first-order chi connectivity index (χ1) is 28.9. The van der Waals surface area contributed by atoms with Crippen molar-refractivity contribution in [2.75, 3.05) is 6.61 Å². The van der Waals surface area contributed by atoms with Gasteiger partial charge in [0.05, 0.1) is 29.5 Å². The number of hydrogen-bond donors (Lipinski definition) is 3. The van der Waals surface area contributed by atoms with Crippen LogP contribution >= 0.6 is 0 Å². The molecule has 7 rings (SSSR count). The molecule has 0 unspecified atom stereocenters. The molecule has 14 heteroatoms. The Labute approximate surface area is 353 Å². The number of benzene rings is 3. The van der Waals surface area contributed by atoms with E-state index in [9.17, 15) is 39.0 Å². The largest absolute Gasteiger partial charge is 0.457 e. The normalized spacial score (nSPS) is 31.9. The minimum absolute atomic E-state index is 0.117. The van der Waals surface area contributed by atoms with Gasteiger partial charge in [0.15, 0.2) is 11.7 Å². The van der Waals surface area contributed by atoms with Gasteiger partial charge in [-0.25, -0.2) is 9.59 Å². The van der Waals surface area contributed by atoms with E-state index in [0.29, 0.717) is 17.4 Å². The molecule has 0 radical (unpaired) electrons. The number of rotatable bonds is 11. The van der Waals surface area contributed by atoms with Gasteiger partial charge >= 0.3 is 23.9 Å². The average molecular weight is 838 g/mol. The fourth-order valence-electron chi connectivity index (χ4n) is 10.5. The lowest BCUT2D eigenvalue weighted by Gasteiger charge is -2.64. The van der Waals surface area contributed by atoms with Gasteiger partial charge in [-0.1, -0.05) is 87.5 Å². The van der Waals surface area contributed by atoms with Gasteiger partial charge < -0.3 is 44.0 Å². The molecular weight excluding hydrogens is 787 g/mol. The molecular formula is C47H51NO13. The molecule has 322 valence electrons. The number of esters is 4. The number of carbonyl (C=O) groups excluding carboxylic acids is 6. The van der Waals surface area contributed by atoms with E-state index in [1.54, 1.807) is 107 Å². The lowest BCUT2D eigenvalue weighted by atomic mass is 9.49. The fourth-order valence-corrected chi connectivity index (χ4v) is 10.5. The second-order valence-electron chi connectivity index (χ2n) is 17.2. The lowest BCUT2D eigenvalue weighted by Crippen LogP contribution is -2.78. The Kier molecular flexibility index (Phi) is 11.6. The highest BCUT2D eigenvalue weighted by molar-refractivity contribution is 5.95. The van der Waals surface area contributed by atoms with E-state index in [0.717, 1.165) is 0 Å². The van der Waals surface area contributed by atoms with Crippen LogP contribution in [0.1, 0.15) is 86.7 Å². The van der Waals surface area contributed by atoms with Crippen molar-refractivity contribution in [3.05, 3.63) is 119 Å². The number of aliphatic hydroxyl groups is 2. The number of aliphatic hydroxyl groups excluding tert-OH is 1. The molecule has 1 aliphatic heterocycles. The Hall–Kier alpha value is -5.70. The molecule has 4 aliphatic rings. The number of aldehydes is 1. The average Bonchev–Trinajstić information content (AvgIpc) is 3.25. The summed E-state index contributed by atoms with van der Waals surface area (Å²) in [5.74, 6) is -6.19. The van der Waals surface area contributed by atoms with E-state index in [-0.39, 0.29) is 29.7 Å². The third kappa shape index (κ3) is 7.13. The third-order valence-electron chi connectivity index (χ3n) is 13.6. The number of ether oxygens (including phenoxy) is 5. The van der Waals surface area contributed by atoms with Crippen molar-refractivity contribution in [2.24, 2.45) is 22.7 Å². The van der Waals surface area contributed by atoms with Crippen LogP contribution in [0.25, 0.3) is 0 Å². The molecule has 3 N–H and O–H groups in total. The lowest BCUT2D eigenvalue weighted by molar-refractivity contribution is -0.338. The Morgan fingerprint density at radius 3 is 1.98 bits per heavy atom. The molecule has 1 saturated heterocycles. The number of fused-ring (bicyclic) bond motifs is 5. The number of carbonyl (C=O) groups is 6. The van der Waals surface area contributed by atoms with Crippen LogP contribution < -0.4 is 5.32 Å². The Balaban J connectivity index is 1.39. The van der Waals surface area contributed by atoms with Gasteiger partial charge in [-0.3, -0.25) is 14.4 Å². The minimum atomic E-state index is -2.26. The molecule has 3 aliphatic carbocycles. The third-order valence-corrected chi connectivity index (χ3v) is 13.6. The summed E-state index contributed by atoms with van der Waals surface area (Å²) in [5, 5.41) is 28.2. The van der Waals surface area contributed by atoms with Crippen LogP contribution in [-0.4, -0.2) is 94.6 Å². The predicted octanol–water partition coefficient (Wildman–Crippen LogP) is 4.62. The van der Waals surface area contributed by atoms with E-state index >= 15 is 0 Å². The Morgan fingerprint density at radius 1 is 0.852 bits per heavy atom. The summed E-state index contributed by atoms with van der Waals surface area (Å²) in [7, 11) is 0. The van der Waals surface area contributed by atoms with Crippen molar-refractivity contribution >= 4 is 36.1 Å². The second kappa shape index (κ2) is 16.3. The first kappa shape index (κ1) is 43.4. The molecule has 0 spiro atoms. The highest BCUT2D eigenvalue weighted by Crippen LogP contribution is 2.68. The SMILES string of the molecule is CC(=O)O[C@@H]1C2=C(C)[C@@H](OC(=O)[C@H](O)[C@@H](NC(=O)c3ccccc3)c3ccccc3)C[C@@](O)([C@@H](OC(=O)c3ccccc3)[C@@H]3[C@]4(OC(C)=O)CO[C@@H]4C[C@H](C)[C@@]13C=O)C2(C)C. The summed E-state index contributed by atoms with van der Waals surface area (Å²) in [6, 6.07) is 23.3. The summed E-state index contributed by atoms with van der Waals surface area (Å²) in [4.78, 5) is 82.6. The van der Waals surface area contributed by atoms with Crippen LogP contribution in [0.5, 0.6) is 0 Å². The number of amides is 1. The molecule has 61 heavy (non-hydrogen) atoms. The molecule has 14 nitrogen and oxygen atoms in total. The van der Waals surface area contributed by atoms with Crippen molar-refractivity contribution in [1.82, 2.24) is 5.32 Å². The summed E-state index contributed by atoms with van der Waals surface area (Å²) in [5.41, 5.74) is -5.94. The van der Waals surface area contributed by atoms with E-state index in [1.807, 2.05) is 0 Å². The standard InChI is InChI=1S/C47H51NO13/c1-26-22-34-46(25-57-34,61-29(4)51)38-40(60-42(54)32-20-14-9-15-21-32)47(56)23-33(27(2)35(44(47,5)6)39(58-28(3)50)45(26,38)24-49)59-43(55)37(52)36(30-16-10-7-11-17-30)48-41(53)31-18-12-8-13-19-31/h7-21,24,26,33-34,36-40,52,56H,22-23,25H2,1-6H3,(H,48,53)/t26-,33-,34+,36-,37+,38-,39+,40-,45+,46-,47+/m0/s1. The molecule has 11 atom stereocenters. The summed E-state index contributed by atoms with van der Waals surface area (Å²) < 4.78 is 31.0. The molecule has 3 aromatic rings. The molecule has 3 aromatic carbocycles. The first-order valence-corrected chi connectivity index (χ1v) is 20.4. The van der Waals surface area contributed by atoms with Gasteiger partial charge in [0, 0.05) is 31.2 Å². The molecule has 2 saturated carbocycles. The van der Waals surface area contributed by atoms with Gasteiger partial charge in [-0.15, -0.1) is 0 Å². The maximum Gasteiger partial charge on any atom is 0.338 e. The van der Waals surface area contributed by atoms with Gasteiger partial charge in [-0.05, 0) is 60.2 Å². The number of nitrogens with one attached hydrogen (secondary N) is 1. The van der Waals surface area contributed by atoms with Crippen LogP contribution in [0.4, 0.5) is 0 Å². The van der Waals surface area contributed by atoms with Crippen molar-refractivity contribution in [3.63, 3.8) is 0 Å². The summed E-state index contributed by atoms with van der Waals surface area (Å²) in [6.45, 7) is 8.86. The first-order valence-electron chi connectivity index (χ1n) is 20.4. The van der Waals surface area contributed by atoms with E-state index in [4.69, 9.17) is 23.7 Å². The zero-order valence-electron chi connectivity index (χ0n) is 34.9. The van der Waals surface area contributed by atoms with Gasteiger partial charge in [-0.2, -0.15) is 0 Å². The zero-order valence-corrected chi connectivity index (χ0v) is 34.9. The maximum absolute atomic E-state index is 14.3. The van der Waals surface area contributed by atoms with Crippen molar-refractivity contribution in [2.45, 2.75) is 102 Å². The van der Waals surface area contributed by atoms with Gasteiger partial charge in [0.2, 0.25) is 0 Å². The van der Waals surface area contributed by atoms with Crippen LogP contribution in [-0.2, 0) is 42.9 Å². The van der Waals surface area contributed by atoms with Crippen LogP contribution in [0, 0.1) is 22.7 Å².